The number of hydrogen-bond acceptors (Lipinski definition) is 3. The van der Waals surface area contributed by atoms with E-state index in [1.165, 1.54) is 12.3 Å². The highest BCUT2D eigenvalue weighted by Crippen LogP contribution is 2.32. The number of para-hydroxylation sites is 1. The topological polar surface area (TPSA) is 93.8 Å². The van der Waals surface area contributed by atoms with E-state index in [9.17, 15) is 18.4 Å². The van der Waals surface area contributed by atoms with Crippen molar-refractivity contribution in [3.8, 4) is 16.9 Å². The fourth-order valence-electron chi connectivity index (χ4n) is 3.16. The molecule has 0 radical (unpaired) electrons. The van der Waals surface area contributed by atoms with E-state index in [1.54, 1.807) is 24.3 Å². The Morgan fingerprint density at radius 1 is 1.14 bits per heavy atom. The molecular weight excluding hydrogens is 402 g/mol. The molecule has 0 aliphatic carbocycles. The van der Waals surface area contributed by atoms with Crippen molar-refractivity contribution in [2.75, 3.05) is 0 Å². The van der Waals surface area contributed by atoms with Gasteiger partial charge in [0.15, 0.2) is 11.6 Å². The maximum absolute atomic E-state index is 14.4. The van der Waals surface area contributed by atoms with Crippen LogP contribution < -0.4 is 11.3 Å². The van der Waals surface area contributed by atoms with Crippen LogP contribution in [0, 0.1) is 11.6 Å². The first-order valence-electron chi connectivity index (χ1n) is 8.48. The van der Waals surface area contributed by atoms with Gasteiger partial charge in [-0.2, -0.15) is 5.10 Å². The highest BCUT2D eigenvalue weighted by Gasteiger charge is 2.22. The van der Waals surface area contributed by atoms with E-state index in [2.05, 4.69) is 10.1 Å². The average Bonchev–Trinajstić information content (AvgIpc) is 3.06. The summed E-state index contributed by atoms with van der Waals surface area (Å²) in [5, 5.41) is 4.47. The van der Waals surface area contributed by atoms with E-state index in [1.807, 2.05) is 0 Å². The highest BCUT2D eigenvalue weighted by molar-refractivity contribution is 6.35. The van der Waals surface area contributed by atoms with Gasteiger partial charge in [0, 0.05) is 11.8 Å². The summed E-state index contributed by atoms with van der Waals surface area (Å²) in [6.45, 7) is 0. The van der Waals surface area contributed by atoms with Crippen LogP contribution in [-0.4, -0.2) is 20.7 Å². The zero-order valence-electron chi connectivity index (χ0n) is 14.7. The molecule has 3 N–H and O–H groups in total. The summed E-state index contributed by atoms with van der Waals surface area (Å²) in [5.74, 6) is -2.19. The van der Waals surface area contributed by atoms with E-state index in [4.69, 9.17) is 17.3 Å². The fourth-order valence-corrected chi connectivity index (χ4v) is 3.39. The van der Waals surface area contributed by atoms with E-state index in [0.717, 1.165) is 16.8 Å². The quantitative estimate of drug-likeness (QED) is 0.536. The second-order valence-corrected chi connectivity index (χ2v) is 6.77. The molecule has 0 fully saturated rings. The van der Waals surface area contributed by atoms with E-state index in [-0.39, 0.29) is 28.0 Å². The van der Waals surface area contributed by atoms with Gasteiger partial charge >= 0.3 is 0 Å². The maximum Gasteiger partial charge on any atom is 0.259 e. The van der Waals surface area contributed by atoms with Crippen LogP contribution in [0.15, 0.2) is 53.5 Å². The second-order valence-electron chi connectivity index (χ2n) is 6.36. The second kappa shape index (κ2) is 7.14. The van der Waals surface area contributed by atoms with Crippen LogP contribution in [0.4, 0.5) is 8.78 Å². The third-order valence-corrected chi connectivity index (χ3v) is 4.71. The van der Waals surface area contributed by atoms with Crippen LogP contribution in [0.3, 0.4) is 0 Å². The van der Waals surface area contributed by atoms with E-state index >= 15 is 0 Å². The van der Waals surface area contributed by atoms with Gasteiger partial charge in [-0.3, -0.25) is 9.59 Å². The molecule has 4 aromatic rings. The van der Waals surface area contributed by atoms with Crippen molar-refractivity contribution in [2.24, 2.45) is 5.73 Å². The van der Waals surface area contributed by atoms with Gasteiger partial charge < -0.3 is 10.7 Å². The molecule has 0 spiro atoms. The first-order chi connectivity index (χ1) is 13.9. The summed E-state index contributed by atoms with van der Waals surface area (Å²) in [6.07, 6.45) is 1.30. The number of aromatic amines is 1. The zero-order valence-corrected chi connectivity index (χ0v) is 15.5. The summed E-state index contributed by atoms with van der Waals surface area (Å²) in [7, 11) is 0. The molecular formula is C20H13ClF2N4O2. The molecule has 0 aliphatic rings. The molecule has 0 saturated heterocycles. The number of carbonyl (C=O) groups excluding carboxylic acids is 1. The zero-order chi connectivity index (χ0) is 20.7. The molecule has 1 amide bonds. The Kier molecular flexibility index (Phi) is 4.63. The summed E-state index contributed by atoms with van der Waals surface area (Å²) in [4.78, 5) is 26.1. The van der Waals surface area contributed by atoms with Crippen LogP contribution in [0.2, 0.25) is 5.02 Å². The average molecular weight is 415 g/mol. The summed E-state index contributed by atoms with van der Waals surface area (Å²) < 4.78 is 29.8. The van der Waals surface area contributed by atoms with Gasteiger partial charge in [-0.1, -0.05) is 41.9 Å². The fraction of sp³-hybridized carbons (Fsp3) is 0.0500. The van der Waals surface area contributed by atoms with Crippen molar-refractivity contribution >= 4 is 28.4 Å². The van der Waals surface area contributed by atoms with Gasteiger partial charge in [-0.15, -0.1) is 0 Å². The number of hydrogen-bond donors (Lipinski definition) is 2. The van der Waals surface area contributed by atoms with Crippen LogP contribution in [0.5, 0.6) is 0 Å². The molecule has 0 saturated carbocycles. The number of nitrogens with two attached hydrogens (primary N) is 1. The van der Waals surface area contributed by atoms with Crippen molar-refractivity contribution in [3.63, 3.8) is 0 Å². The van der Waals surface area contributed by atoms with Gasteiger partial charge in [-0.25, -0.2) is 13.5 Å². The molecule has 0 bridgehead atoms. The first kappa shape index (κ1) is 18.8. The van der Waals surface area contributed by atoms with Crippen molar-refractivity contribution in [2.45, 2.75) is 6.42 Å². The smallest absolute Gasteiger partial charge is 0.259 e. The number of nitrogens with zero attached hydrogens (tertiary/aromatic N) is 2. The van der Waals surface area contributed by atoms with E-state index < -0.39 is 28.8 Å². The van der Waals surface area contributed by atoms with Crippen LogP contribution in [0.25, 0.3) is 27.8 Å². The number of carbonyl (C=O) groups is 1. The third-order valence-electron chi connectivity index (χ3n) is 4.42. The maximum atomic E-state index is 14.4. The first-order valence-corrected chi connectivity index (χ1v) is 8.86. The van der Waals surface area contributed by atoms with Gasteiger partial charge in [0.05, 0.1) is 16.8 Å². The number of rotatable bonds is 4. The summed E-state index contributed by atoms with van der Waals surface area (Å²) in [6, 6.07) is 10.0. The Morgan fingerprint density at radius 3 is 2.41 bits per heavy atom. The molecule has 2 aromatic carbocycles. The number of pyridine rings is 1. The number of halogens is 3. The largest absolute Gasteiger partial charge is 0.369 e. The Bertz CT molecular complexity index is 1290. The lowest BCUT2D eigenvalue weighted by atomic mass is 10.1. The number of nitrogens with one attached hydrogen (secondary N) is 1. The van der Waals surface area contributed by atoms with Crippen molar-refractivity contribution < 1.29 is 13.6 Å². The molecule has 2 aromatic heterocycles. The minimum Gasteiger partial charge on any atom is -0.369 e. The van der Waals surface area contributed by atoms with Crippen LogP contribution >= 0.6 is 11.6 Å². The van der Waals surface area contributed by atoms with Crippen molar-refractivity contribution in [1.29, 1.82) is 0 Å². The SMILES string of the molecule is NC(=O)Cc1ccc(-c2nn(-c3c(F)cccc3F)c3c(Cl)c[nH]c(=O)c23)cc1. The number of aromatic nitrogens is 3. The van der Waals surface area contributed by atoms with Crippen molar-refractivity contribution in [1.82, 2.24) is 14.8 Å². The molecule has 0 aliphatic heterocycles. The number of benzene rings is 2. The van der Waals surface area contributed by atoms with Crippen molar-refractivity contribution in [3.05, 3.63) is 81.2 Å². The molecule has 9 heteroatoms. The number of H-pyrrole nitrogens is 1. The minimum absolute atomic E-state index is 0.0579. The Balaban J connectivity index is 2.00. The van der Waals surface area contributed by atoms with Gasteiger partial charge in [-0.05, 0) is 17.7 Å². The van der Waals surface area contributed by atoms with Gasteiger partial charge in [0.25, 0.3) is 5.56 Å². The Morgan fingerprint density at radius 2 is 1.79 bits per heavy atom. The number of amides is 1. The van der Waals surface area contributed by atoms with Crippen LogP contribution in [0.1, 0.15) is 5.56 Å². The Labute approximate surface area is 167 Å². The molecule has 2 heterocycles. The Hall–Kier alpha value is -3.52. The summed E-state index contributed by atoms with van der Waals surface area (Å²) >= 11 is 6.24. The molecule has 0 unspecified atom stereocenters. The predicted octanol–water partition coefficient (Wildman–Crippen LogP) is 3.34. The highest BCUT2D eigenvalue weighted by atomic mass is 35.5. The molecule has 146 valence electrons. The van der Waals surface area contributed by atoms with E-state index in [0.29, 0.717) is 11.1 Å². The molecule has 29 heavy (non-hydrogen) atoms. The monoisotopic (exact) mass is 414 g/mol. The number of fused-ring (bicyclic) bond motifs is 1. The van der Waals surface area contributed by atoms with Gasteiger partial charge in [0.1, 0.15) is 16.9 Å². The predicted molar refractivity (Wildman–Crippen MR) is 105 cm³/mol. The minimum atomic E-state index is -0.853. The molecule has 4 rings (SSSR count). The lowest BCUT2D eigenvalue weighted by Gasteiger charge is -2.07. The summed E-state index contributed by atoms with van der Waals surface area (Å²) in [5.41, 5.74) is 5.70. The van der Waals surface area contributed by atoms with Gasteiger partial charge in [0.2, 0.25) is 5.91 Å². The molecule has 0 atom stereocenters. The standard InChI is InChI=1S/C20H13ClF2N4O2/c21-12-9-25-20(29)16-17(11-6-4-10(5-7-11)8-15(24)28)26-27(18(12)16)19-13(22)2-1-3-14(19)23/h1-7,9H,8H2,(H2,24,28)(H,25,29). The normalized spacial score (nSPS) is 11.1. The lowest BCUT2D eigenvalue weighted by molar-refractivity contribution is -0.117. The number of primary amides is 1. The molecule has 6 nitrogen and oxygen atoms in total. The third kappa shape index (κ3) is 3.27. The lowest BCUT2D eigenvalue weighted by Crippen LogP contribution is -2.13. The van der Waals surface area contributed by atoms with Crippen LogP contribution in [-0.2, 0) is 11.2 Å².